The predicted molar refractivity (Wildman–Crippen MR) is 87.0 cm³/mol. The molecule has 0 saturated heterocycles. The zero-order valence-electron chi connectivity index (χ0n) is 12.1. The first-order chi connectivity index (χ1) is 11.1. The molecule has 2 aromatic rings. The molecule has 3 aliphatic rings. The summed E-state index contributed by atoms with van der Waals surface area (Å²) in [6.45, 7) is 0. The largest absolute Gasteiger partial charge is 0.507 e. The number of benzene rings is 2. The molecule has 0 spiro atoms. The number of hydrogen-bond acceptors (Lipinski definition) is 3. The summed E-state index contributed by atoms with van der Waals surface area (Å²) < 4.78 is 0. The fraction of sp³-hybridized carbons (Fsp3) is 0.263. The van der Waals surface area contributed by atoms with E-state index in [1.165, 1.54) is 0 Å². The van der Waals surface area contributed by atoms with Gasteiger partial charge in [0.2, 0.25) is 0 Å². The van der Waals surface area contributed by atoms with Crippen LogP contribution in [0.4, 0.5) is 0 Å². The fourth-order valence-corrected chi connectivity index (χ4v) is 5.07. The maximum Gasteiger partial charge on any atom is 0.171 e. The van der Waals surface area contributed by atoms with Crippen molar-refractivity contribution in [3.63, 3.8) is 0 Å². The highest BCUT2D eigenvalue weighted by Gasteiger charge is 2.56. The van der Waals surface area contributed by atoms with E-state index in [-0.39, 0.29) is 57.1 Å². The monoisotopic (exact) mass is 324 g/mol. The van der Waals surface area contributed by atoms with E-state index in [4.69, 9.17) is 11.6 Å². The van der Waals surface area contributed by atoms with Crippen molar-refractivity contribution in [2.24, 2.45) is 23.7 Å². The summed E-state index contributed by atoms with van der Waals surface area (Å²) >= 11 is 6.48. The van der Waals surface area contributed by atoms with E-state index in [1.807, 2.05) is 6.08 Å². The van der Waals surface area contributed by atoms with Crippen LogP contribution >= 0.6 is 11.6 Å². The van der Waals surface area contributed by atoms with Crippen LogP contribution in [0.5, 0.6) is 5.75 Å². The Hall–Kier alpha value is -2.13. The van der Waals surface area contributed by atoms with Gasteiger partial charge in [0.25, 0.3) is 0 Å². The molecule has 2 aromatic carbocycles. The first-order valence-corrected chi connectivity index (χ1v) is 8.17. The number of phenolic OH excluding ortho intramolecular Hbond substituents is 1. The van der Waals surface area contributed by atoms with Gasteiger partial charge in [0.05, 0.1) is 16.1 Å². The van der Waals surface area contributed by atoms with Gasteiger partial charge >= 0.3 is 0 Å². The summed E-state index contributed by atoms with van der Waals surface area (Å²) in [7, 11) is 0. The predicted octanol–water partition coefficient (Wildman–Crippen LogP) is 4.02. The molecule has 4 atom stereocenters. The number of aromatic hydroxyl groups is 1. The maximum atomic E-state index is 13.1. The average Bonchev–Trinajstić information content (AvgIpc) is 3.17. The molecule has 1 fully saturated rings. The first kappa shape index (κ1) is 13.3. The maximum absolute atomic E-state index is 13.1. The molecular formula is C19H13ClO3. The van der Waals surface area contributed by atoms with Gasteiger partial charge in [-0.2, -0.15) is 0 Å². The van der Waals surface area contributed by atoms with Gasteiger partial charge in [0.15, 0.2) is 11.6 Å². The molecule has 4 heteroatoms. The lowest BCUT2D eigenvalue weighted by Gasteiger charge is -2.32. The molecule has 2 bridgehead atoms. The van der Waals surface area contributed by atoms with Gasteiger partial charge in [-0.1, -0.05) is 48.0 Å². The van der Waals surface area contributed by atoms with Crippen molar-refractivity contribution < 1.29 is 14.7 Å². The molecular weight excluding hydrogens is 312 g/mol. The van der Waals surface area contributed by atoms with Crippen LogP contribution in [0.1, 0.15) is 27.1 Å². The molecule has 4 unspecified atom stereocenters. The summed E-state index contributed by atoms with van der Waals surface area (Å²) in [4.78, 5) is 26.1. The summed E-state index contributed by atoms with van der Waals surface area (Å²) in [6.07, 6.45) is 4.94. The molecule has 3 nitrogen and oxygen atoms in total. The molecule has 114 valence electrons. The Labute approximate surface area is 137 Å². The number of ketones is 2. The normalized spacial score (nSPS) is 30.8. The van der Waals surface area contributed by atoms with Crippen LogP contribution in [0.2, 0.25) is 5.02 Å². The van der Waals surface area contributed by atoms with Crippen LogP contribution in [0.25, 0.3) is 10.8 Å². The van der Waals surface area contributed by atoms with Crippen molar-refractivity contribution in [1.82, 2.24) is 0 Å². The second kappa shape index (κ2) is 4.24. The van der Waals surface area contributed by atoms with Crippen LogP contribution in [0.15, 0.2) is 36.4 Å². The van der Waals surface area contributed by atoms with Crippen molar-refractivity contribution in [1.29, 1.82) is 0 Å². The van der Waals surface area contributed by atoms with E-state index in [9.17, 15) is 14.7 Å². The number of carbonyl (C=O) groups is 2. The molecule has 0 amide bonds. The minimum Gasteiger partial charge on any atom is -0.507 e. The molecule has 0 radical (unpaired) electrons. The average molecular weight is 325 g/mol. The highest BCUT2D eigenvalue weighted by atomic mass is 35.5. The third kappa shape index (κ3) is 1.46. The van der Waals surface area contributed by atoms with Crippen molar-refractivity contribution in [2.45, 2.75) is 6.42 Å². The van der Waals surface area contributed by atoms with E-state index in [0.29, 0.717) is 10.8 Å². The lowest BCUT2D eigenvalue weighted by molar-refractivity contribution is 0.0718. The Morgan fingerprint density at radius 2 is 1.48 bits per heavy atom. The Kier molecular flexibility index (Phi) is 2.45. The number of allylic oxidation sites excluding steroid dienone is 2. The number of fused-ring (bicyclic) bond motifs is 7. The molecule has 1 saturated carbocycles. The van der Waals surface area contributed by atoms with Gasteiger partial charge < -0.3 is 5.11 Å². The summed E-state index contributed by atoms with van der Waals surface area (Å²) in [5, 5.41) is 12.1. The van der Waals surface area contributed by atoms with E-state index >= 15 is 0 Å². The van der Waals surface area contributed by atoms with Gasteiger partial charge in [0, 0.05) is 22.6 Å². The zero-order valence-corrected chi connectivity index (χ0v) is 12.9. The molecule has 5 rings (SSSR count). The van der Waals surface area contributed by atoms with Gasteiger partial charge in [-0.25, -0.2) is 0 Å². The lowest BCUT2D eigenvalue weighted by Crippen LogP contribution is -2.39. The Morgan fingerprint density at radius 3 is 2.13 bits per heavy atom. The van der Waals surface area contributed by atoms with Gasteiger partial charge in [0.1, 0.15) is 5.75 Å². The smallest absolute Gasteiger partial charge is 0.171 e. The van der Waals surface area contributed by atoms with Crippen LogP contribution in [-0.4, -0.2) is 16.7 Å². The number of halogens is 1. The van der Waals surface area contributed by atoms with Gasteiger partial charge in [-0.05, 0) is 18.3 Å². The molecule has 0 heterocycles. The van der Waals surface area contributed by atoms with Crippen LogP contribution in [0, 0.1) is 23.7 Å². The molecule has 3 aliphatic carbocycles. The number of hydrogen-bond donors (Lipinski definition) is 1. The number of rotatable bonds is 0. The van der Waals surface area contributed by atoms with Crippen molar-refractivity contribution in [2.75, 3.05) is 0 Å². The number of carbonyl (C=O) groups excluding carboxylic acids is 2. The molecule has 0 aromatic heterocycles. The second-order valence-corrected chi connectivity index (χ2v) is 7.06. The zero-order chi connectivity index (χ0) is 15.9. The fourth-order valence-electron chi connectivity index (χ4n) is 4.72. The Balaban J connectivity index is 1.87. The number of phenols is 1. The molecule has 0 aliphatic heterocycles. The standard InChI is InChI=1S/C19H13ClO3/c20-16-10-3-1-2-4-11(10)17(21)15-14(16)18(22)12-8-5-6-9(7-8)13(12)19(15)23/h1-6,8-9,12-13,21H,7H2. The summed E-state index contributed by atoms with van der Waals surface area (Å²) in [6, 6.07) is 7.07. The summed E-state index contributed by atoms with van der Waals surface area (Å²) in [5.74, 6) is -0.752. The topological polar surface area (TPSA) is 54.4 Å². The molecule has 1 N–H and O–H groups in total. The molecule has 23 heavy (non-hydrogen) atoms. The highest BCUT2D eigenvalue weighted by Crippen LogP contribution is 2.55. The highest BCUT2D eigenvalue weighted by molar-refractivity contribution is 6.41. The van der Waals surface area contributed by atoms with Gasteiger partial charge in [-0.15, -0.1) is 0 Å². The number of Topliss-reactive ketones (excluding diaryl/α,β-unsaturated/α-hetero) is 2. The van der Waals surface area contributed by atoms with Crippen LogP contribution in [-0.2, 0) is 0 Å². The van der Waals surface area contributed by atoms with Crippen molar-refractivity contribution >= 4 is 33.9 Å². The Bertz CT molecular complexity index is 869. The van der Waals surface area contributed by atoms with Crippen LogP contribution < -0.4 is 0 Å². The first-order valence-electron chi connectivity index (χ1n) is 7.79. The van der Waals surface area contributed by atoms with E-state index in [1.54, 1.807) is 24.3 Å². The minimum absolute atomic E-state index is 0.0903. The Morgan fingerprint density at radius 1 is 0.913 bits per heavy atom. The van der Waals surface area contributed by atoms with Crippen LogP contribution in [0.3, 0.4) is 0 Å². The van der Waals surface area contributed by atoms with E-state index < -0.39 is 0 Å². The third-order valence-electron chi connectivity index (χ3n) is 5.68. The van der Waals surface area contributed by atoms with E-state index in [0.717, 1.165) is 6.42 Å². The SMILES string of the molecule is O=C1c2c(c(Cl)c3ccccc3c2O)C(=O)C2C3C=CC(C3)C12. The van der Waals surface area contributed by atoms with Gasteiger partial charge in [-0.3, -0.25) is 9.59 Å². The van der Waals surface area contributed by atoms with Crippen molar-refractivity contribution in [3.05, 3.63) is 52.6 Å². The second-order valence-electron chi connectivity index (χ2n) is 6.69. The third-order valence-corrected chi connectivity index (χ3v) is 6.08. The lowest BCUT2D eigenvalue weighted by atomic mass is 9.68. The van der Waals surface area contributed by atoms with E-state index in [2.05, 4.69) is 6.08 Å². The quantitative estimate of drug-likeness (QED) is 0.745. The van der Waals surface area contributed by atoms with Crippen molar-refractivity contribution in [3.8, 4) is 5.75 Å². The summed E-state index contributed by atoms with van der Waals surface area (Å²) in [5.41, 5.74) is 0.343. The minimum atomic E-state index is -0.340.